The van der Waals surface area contributed by atoms with Crippen LogP contribution in [0.25, 0.3) is 10.9 Å². The topological polar surface area (TPSA) is 68.1 Å². The SMILES string of the molecule is COC(=O)c1c(N)[nH]c2c(F)c(F)cc(F)c12. The molecule has 0 aliphatic rings. The normalized spacial score (nSPS) is 10.8. The molecule has 3 N–H and O–H groups in total. The van der Waals surface area contributed by atoms with E-state index >= 15 is 0 Å². The average molecular weight is 244 g/mol. The Kier molecular flexibility index (Phi) is 2.45. The van der Waals surface area contributed by atoms with Crippen LogP contribution < -0.4 is 5.73 Å². The van der Waals surface area contributed by atoms with Gasteiger partial charge >= 0.3 is 5.97 Å². The maximum absolute atomic E-state index is 13.5. The Morgan fingerprint density at radius 2 is 2.00 bits per heavy atom. The van der Waals surface area contributed by atoms with Crippen molar-refractivity contribution in [1.82, 2.24) is 4.98 Å². The van der Waals surface area contributed by atoms with Gasteiger partial charge in [0.15, 0.2) is 11.6 Å². The van der Waals surface area contributed by atoms with E-state index < -0.39 is 34.3 Å². The smallest absolute Gasteiger partial charge is 0.342 e. The number of hydrogen-bond acceptors (Lipinski definition) is 3. The minimum Gasteiger partial charge on any atom is -0.465 e. The molecule has 0 radical (unpaired) electrons. The monoisotopic (exact) mass is 244 g/mol. The van der Waals surface area contributed by atoms with Gasteiger partial charge in [-0.25, -0.2) is 18.0 Å². The van der Waals surface area contributed by atoms with Gasteiger partial charge in [-0.05, 0) is 0 Å². The molecule has 7 heteroatoms. The van der Waals surface area contributed by atoms with Crippen LogP contribution in [0.4, 0.5) is 19.0 Å². The van der Waals surface area contributed by atoms with Crippen molar-refractivity contribution in [2.75, 3.05) is 12.8 Å². The Bertz CT molecular complexity index is 622. The van der Waals surface area contributed by atoms with E-state index in [2.05, 4.69) is 9.72 Å². The molecule has 0 saturated carbocycles. The molecule has 0 aliphatic carbocycles. The summed E-state index contributed by atoms with van der Waals surface area (Å²) in [5.74, 6) is -4.97. The van der Waals surface area contributed by atoms with E-state index in [9.17, 15) is 18.0 Å². The highest BCUT2D eigenvalue weighted by molar-refractivity contribution is 6.09. The average Bonchev–Trinajstić information content (AvgIpc) is 2.63. The predicted octanol–water partition coefficient (Wildman–Crippen LogP) is 1.95. The highest BCUT2D eigenvalue weighted by atomic mass is 19.2. The van der Waals surface area contributed by atoms with Crippen LogP contribution in [-0.2, 0) is 4.74 Å². The third-order valence-corrected chi connectivity index (χ3v) is 2.34. The first-order valence-electron chi connectivity index (χ1n) is 4.50. The second-order valence-corrected chi connectivity index (χ2v) is 3.31. The minimum absolute atomic E-state index is 0.282. The largest absolute Gasteiger partial charge is 0.465 e. The van der Waals surface area contributed by atoms with Crippen molar-refractivity contribution in [3.63, 3.8) is 0 Å². The molecule has 0 saturated heterocycles. The van der Waals surface area contributed by atoms with E-state index in [0.717, 1.165) is 7.11 Å². The van der Waals surface area contributed by atoms with Gasteiger partial charge in [0.1, 0.15) is 17.2 Å². The number of fused-ring (bicyclic) bond motifs is 1. The maximum Gasteiger partial charge on any atom is 0.342 e. The second-order valence-electron chi connectivity index (χ2n) is 3.31. The Labute approximate surface area is 93.2 Å². The van der Waals surface area contributed by atoms with E-state index in [4.69, 9.17) is 5.73 Å². The molecule has 4 nitrogen and oxygen atoms in total. The van der Waals surface area contributed by atoms with Gasteiger partial charge in [0.05, 0.1) is 18.0 Å². The number of carbonyl (C=O) groups is 1. The lowest BCUT2D eigenvalue weighted by atomic mass is 10.1. The van der Waals surface area contributed by atoms with Crippen molar-refractivity contribution in [3.05, 3.63) is 29.1 Å². The lowest BCUT2D eigenvalue weighted by Gasteiger charge is -2.00. The first-order chi connectivity index (χ1) is 7.97. The zero-order chi connectivity index (χ0) is 12.7. The summed E-state index contributed by atoms with van der Waals surface area (Å²) in [7, 11) is 1.07. The summed E-state index contributed by atoms with van der Waals surface area (Å²) in [6.07, 6.45) is 0. The summed E-state index contributed by atoms with van der Waals surface area (Å²) in [4.78, 5) is 13.6. The number of carbonyl (C=O) groups excluding carboxylic acids is 1. The van der Waals surface area contributed by atoms with E-state index in [1.807, 2.05) is 0 Å². The van der Waals surface area contributed by atoms with Crippen molar-refractivity contribution in [2.24, 2.45) is 0 Å². The molecule has 0 bridgehead atoms. The molecule has 0 unspecified atom stereocenters. The van der Waals surface area contributed by atoms with Crippen molar-refractivity contribution in [1.29, 1.82) is 0 Å². The zero-order valence-electron chi connectivity index (χ0n) is 8.61. The first-order valence-corrected chi connectivity index (χ1v) is 4.50. The Balaban J connectivity index is 2.92. The van der Waals surface area contributed by atoms with Crippen LogP contribution in [0.3, 0.4) is 0 Å². The molecule has 0 aliphatic heterocycles. The summed E-state index contributed by atoms with van der Waals surface area (Å²) in [6.45, 7) is 0. The summed E-state index contributed by atoms with van der Waals surface area (Å²) in [5.41, 5.74) is 4.56. The van der Waals surface area contributed by atoms with Crippen LogP contribution in [0, 0.1) is 17.5 Å². The highest BCUT2D eigenvalue weighted by Gasteiger charge is 2.24. The van der Waals surface area contributed by atoms with Gasteiger partial charge in [-0.15, -0.1) is 0 Å². The van der Waals surface area contributed by atoms with Crippen molar-refractivity contribution >= 4 is 22.7 Å². The lowest BCUT2D eigenvalue weighted by Crippen LogP contribution is -2.04. The highest BCUT2D eigenvalue weighted by Crippen LogP contribution is 2.30. The fraction of sp³-hybridized carbons (Fsp3) is 0.100. The first kappa shape index (κ1) is 11.3. The predicted molar refractivity (Wildman–Crippen MR) is 53.9 cm³/mol. The lowest BCUT2D eigenvalue weighted by molar-refractivity contribution is 0.0604. The second kappa shape index (κ2) is 3.69. The fourth-order valence-corrected chi connectivity index (χ4v) is 1.60. The molecule has 0 spiro atoms. The molecule has 1 aromatic heterocycles. The number of aromatic amines is 1. The Morgan fingerprint density at radius 1 is 1.35 bits per heavy atom. The van der Waals surface area contributed by atoms with Crippen molar-refractivity contribution < 1.29 is 22.7 Å². The number of esters is 1. The number of H-pyrrole nitrogens is 1. The Hall–Kier alpha value is -2.18. The molecule has 0 amide bonds. The van der Waals surface area contributed by atoms with E-state index in [-0.39, 0.29) is 11.4 Å². The van der Waals surface area contributed by atoms with Crippen LogP contribution in [0.5, 0.6) is 0 Å². The van der Waals surface area contributed by atoms with Crippen molar-refractivity contribution in [3.8, 4) is 0 Å². The number of aromatic nitrogens is 1. The number of nitrogens with two attached hydrogens (primary N) is 1. The summed E-state index contributed by atoms with van der Waals surface area (Å²) in [5, 5.41) is -0.423. The number of methoxy groups -OCH3 is 1. The molecule has 1 aromatic carbocycles. The molecule has 0 fully saturated rings. The van der Waals surface area contributed by atoms with Crippen LogP contribution in [0.15, 0.2) is 6.07 Å². The third-order valence-electron chi connectivity index (χ3n) is 2.34. The zero-order valence-corrected chi connectivity index (χ0v) is 8.61. The quantitative estimate of drug-likeness (QED) is 0.595. The van der Waals surface area contributed by atoms with Crippen LogP contribution in [-0.4, -0.2) is 18.1 Å². The summed E-state index contributed by atoms with van der Waals surface area (Å²) < 4.78 is 44.2. The number of hydrogen-bond donors (Lipinski definition) is 2. The minimum atomic E-state index is -1.37. The van der Waals surface area contributed by atoms with Crippen molar-refractivity contribution in [2.45, 2.75) is 0 Å². The van der Waals surface area contributed by atoms with Gasteiger partial charge < -0.3 is 15.5 Å². The number of halogens is 3. The van der Waals surface area contributed by atoms with E-state index in [1.54, 1.807) is 0 Å². The number of rotatable bonds is 1. The maximum atomic E-state index is 13.5. The van der Waals surface area contributed by atoms with Gasteiger partial charge in [0, 0.05) is 6.07 Å². The molecule has 1 heterocycles. The molecule has 90 valence electrons. The molecule has 17 heavy (non-hydrogen) atoms. The summed E-state index contributed by atoms with van der Waals surface area (Å²) >= 11 is 0. The molecule has 2 rings (SSSR count). The molecular formula is C10H7F3N2O2. The van der Waals surface area contributed by atoms with Gasteiger partial charge in [-0.1, -0.05) is 0 Å². The number of benzene rings is 1. The molecular weight excluding hydrogens is 237 g/mol. The molecule has 0 atom stereocenters. The number of ether oxygens (including phenoxy) is 1. The fourth-order valence-electron chi connectivity index (χ4n) is 1.60. The van der Waals surface area contributed by atoms with Gasteiger partial charge in [0.2, 0.25) is 0 Å². The van der Waals surface area contributed by atoms with E-state index in [0.29, 0.717) is 6.07 Å². The number of nitrogens with one attached hydrogen (secondary N) is 1. The van der Waals surface area contributed by atoms with Crippen LogP contribution in [0.1, 0.15) is 10.4 Å². The standard InChI is InChI=1S/C10H7F3N2O2/c1-17-10(16)6-5-3(11)2-4(12)7(13)8(5)15-9(6)14/h2,15H,14H2,1H3. The molecule has 2 aromatic rings. The van der Waals surface area contributed by atoms with Gasteiger partial charge in [0.25, 0.3) is 0 Å². The number of anilines is 1. The Morgan fingerprint density at radius 3 is 2.59 bits per heavy atom. The van der Waals surface area contributed by atoms with Crippen LogP contribution in [0.2, 0.25) is 0 Å². The van der Waals surface area contributed by atoms with E-state index in [1.165, 1.54) is 0 Å². The number of nitrogen functional groups attached to an aromatic ring is 1. The van der Waals surface area contributed by atoms with Gasteiger partial charge in [-0.2, -0.15) is 0 Å². The third kappa shape index (κ3) is 1.50. The van der Waals surface area contributed by atoms with Gasteiger partial charge in [-0.3, -0.25) is 0 Å². The summed E-state index contributed by atoms with van der Waals surface area (Å²) in [6, 6.07) is 0.345. The van der Waals surface area contributed by atoms with Crippen LogP contribution >= 0.6 is 0 Å².